The molecule has 0 radical (unpaired) electrons. The second-order valence-electron chi connectivity index (χ2n) is 7.52. The lowest BCUT2D eigenvalue weighted by Gasteiger charge is -2.32. The first kappa shape index (κ1) is 19.4. The number of nitrogens with zero attached hydrogens (tertiary/aromatic N) is 1. The number of hydrogen-bond donors (Lipinski definition) is 0. The van der Waals surface area contributed by atoms with Gasteiger partial charge < -0.3 is 9.47 Å². The standard InChI is InChI=1S/C22H27NO4/c1-4-15-27-19(24)21(2)16-22(20(25)26-3)13-8-14-23(22)18(21)12-11-17-9-6-5-7-10-17/h4-7,9-12,18H,1,8,13-16H2,2-3H3/b12-11+/t18-,21-,22+/m0/s1. The summed E-state index contributed by atoms with van der Waals surface area (Å²) in [7, 11) is 1.41. The van der Waals surface area contributed by atoms with Crippen LogP contribution in [0.15, 0.2) is 49.1 Å². The van der Waals surface area contributed by atoms with Crippen molar-refractivity contribution in [1.29, 1.82) is 0 Å². The molecule has 2 aliphatic heterocycles. The minimum Gasteiger partial charge on any atom is -0.468 e. The van der Waals surface area contributed by atoms with Crippen LogP contribution in [0, 0.1) is 5.41 Å². The summed E-state index contributed by atoms with van der Waals surface area (Å²) < 4.78 is 10.5. The Bertz CT molecular complexity index is 744. The van der Waals surface area contributed by atoms with Crippen molar-refractivity contribution in [3.8, 4) is 0 Å². The summed E-state index contributed by atoms with van der Waals surface area (Å²) >= 11 is 0. The van der Waals surface area contributed by atoms with E-state index in [2.05, 4.69) is 11.5 Å². The van der Waals surface area contributed by atoms with Crippen molar-refractivity contribution in [2.45, 2.75) is 37.8 Å². The van der Waals surface area contributed by atoms with Crippen LogP contribution in [0.5, 0.6) is 0 Å². The Kier molecular flexibility index (Phi) is 5.51. The number of ether oxygens (including phenoxy) is 2. The first-order valence-electron chi connectivity index (χ1n) is 9.34. The fraction of sp³-hybridized carbons (Fsp3) is 0.455. The molecule has 1 aromatic carbocycles. The fourth-order valence-electron chi connectivity index (χ4n) is 4.61. The van der Waals surface area contributed by atoms with Crippen molar-refractivity contribution in [2.24, 2.45) is 5.41 Å². The number of carbonyl (C=O) groups excluding carboxylic acids is 2. The van der Waals surface area contributed by atoms with Crippen molar-refractivity contribution < 1.29 is 19.1 Å². The highest BCUT2D eigenvalue weighted by Crippen LogP contribution is 2.53. The van der Waals surface area contributed by atoms with Crippen molar-refractivity contribution in [1.82, 2.24) is 4.90 Å². The van der Waals surface area contributed by atoms with Gasteiger partial charge in [0.05, 0.1) is 12.5 Å². The summed E-state index contributed by atoms with van der Waals surface area (Å²) in [5, 5.41) is 0. The Hall–Kier alpha value is -2.40. The minimum atomic E-state index is -0.830. The van der Waals surface area contributed by atoms with Gasteiger partial charge in [0.15, 0.2) is 0 Å². The molecule has 0 saturated carbocycles. The van der Waals surface area contributed by atoms with E-state index in [1.165, 1.54) is 7.11 Å². The van der Waals surface area contributed by atoms with Gasteiger partial charge >= 0.3 is 11.9 Å². The van der Waals surface area contributed by atoms with E-state index in [0.717, 1.165) is 18.5 Å². The Labute approximate surface area is 160 Å². The predicted octanol–water partition coefficient (Wildman–Crippen LogP) is 3.22. The summed E-state index contributed by atoms with van der Waals surface area (Å²) in [6.07, 6.45) is 7.59. The monoisotopic (exact) mass is 369 g/mol. The molecule has 0 aromatic heterocycles. The number of fused-ring (bicyclic) bond motifs is 1. The van der Waals surface area contributed by atoms with Crippen molar-refractivity contribution >= 4 is 18.0 Å². The molecule has 0 aliphatic carbocycles. The first-order chi connectivity index (χ1) is 13.0. The van der Waals surface area contributed by atoms with Crippen LogP contribution in [0.25, 0.3) is 6.08 Å². The van der Waals surface area contributed by atoms with E-state index >= 15 is 0 Å². The number of hydrogen-bond acceptors (Lipinski definition) is 5. The van der Waals surface area contributed by atoms with Crippen LogP contribution < -0.4 is 0 Å². The van der Waals surface area contributed by atoms with Gasteiger partial charge in [-0.3, -0.25) is 14.5 Å². The minimum absolute atomic E-state index is 0.161. The summed E-state index contributed by atoms with van der Waals surface area (Å²) in [5.74, 6) is -0.568. The van der Waals surface area contributed by atoms with Crippen molar-refractivity contribution in [3.05, 3.63) is 54.6 Å². The van der Waals surface area contributed by atoms with E-state index in [1.54, 1.807) is 6.08 Å². The Morgan fingerprint density at radius 3 is 2.70 bits per heavy atom. The zero-order valence-corrected chi connectivity index (χ0v) is 16.0. The highest BCUT2D eigenvalue weighted by atomic mass is 16.5. The van der Waals surface area contributed by atoms with Gasteiger partial charge in [-0.2, -0.15) is 0 Å². The number of benzene rings is 1. The maximum absolute atomic E-state index is 12.9. The van der Waals surface area contributed by atoms with E-state index in [0.29, 0.717) is 12.8 Å². The van der Waals surface area contributed by atoms with E-state index in [-0.39, 0.29) is 24.6 Å². The van der Waals surface area contributed by atoms with Crippen LogP contribution in [0.1, 0.15) is 31.7 Å². The first-order valence-corrected chi connectivity index (χ1v) is 9.34. The normalized spacial score (nSPS) is 30.2. The SMILES string of the molecule is C=CCOC(=O)[C@@]1(C)C[C@@]2(C(=O)OC)CCCN2[C@H]1/C=C/c1ccccc1. The van der Waals surface area contributed by atoms with Crippen molar-refractivity contribution in [2.75, 3.05) is 20.3 Å². The largest absolute Gasteiger partial charge is 0.468 e. The molecule has 2 saturated heterocycles. The molecule has 1 aromatic rings. The molecule has 2 fully saturated rings. The number of esters is 2. The van der Waals surface area contributed by atoms with Gasteiger partial charge in [0.2, 0.25) is 0 Å². The molecule has 0 N–H and O–H groups in total. The Morgan fingerprint density at radius 1 is 1.30 bits per heavy atom. The van der Waals surface area contributed by atoms with E-state index in [1.807, 2.05) is 49.4 Å². The van der Waals surface area contributed by atoms with Gasteiger partial charge in [-0.25, -0.2) is 0 Å². The van der Waals surface area contributed by atoms with Gasteiger partial charge in [0, 0.05) is 6.04 Å². The molecule has 144 valence electrons. The summed E-state index contributed by atoms with van der Waals surface area (Å²) in [4.78, 5) is 27.8. The molecule has 0 unspecified atom stereocenters. The lowest BCUT2D eigenvalue weighted by atomic mass is 9.76. The maximum atomic E-state index is 12.9. The van der Waals surface area contributed by atoms with E-state index in [4.69, 9.17) is 9.47 Å². The van der Waals surface area contributed by atoms with Gasteiger partial charge in [-0.05, 0) is 38.3 Å². The highest BCUT2D eigenvalue weighted by Gasteiger charge is 2.65. The lowest BCUT2D eigenvalue weighted by Crippen LogP contribution is -2.49. The van der Waals surface area contributed by atoms with E-state index < -0.39 is 11.0 Å². The molecule has 2 heterocycles. The van der Waals surface area contributed by atoms with Crippen LogP contribution in [0.4, 0.5) is 0 Å². The molecule has 3 rings (SSSR count). The van der Waals surface area contributed by atoms with Gasteiger partial charge in [0.1, 0.15) is 12.1 Å². The Morgan fingerprint density at radius 2 is 2.04 bits per heavy atom. The molecule has 0 amide bonds. The smallest absolute Gasteiger partial charge is 0.326 e. The molecule has 0 bridgehead atoms. The predicted molar refractivity (Wildman–Crippen MR) is 104 cm³/mol. The quantitative estimate of drug-likeness (QED) is 0.569. The topological polar surface area (TPSA) is 55.8 Å². The molecular formula is C22H27NO4. The van der Waals surface area contributed by atoms with Crippen LogP contribution in [0.2, 0.25) is 0 Å². The zero-order chi connectivity index (χ0) is 19.5. The fourth-order valence-corrected chi connectivity index (χ4v) is 4.61. The molecule has 0 spiro atoms. The number of rotatable bonds is 6. The van der Waals surface area contributed by atoms with Crippen LogP contribution in [0.3, 0.4) is 0 Å². The molecule has 3 atom stereocenters. The van der Waals surface area contributed by atoms with Gasteiger partial charge in [-0.15, -0.1) is 0 Å². The third kappa shape index (κ3) is 3.32. The van der Waals surface area contributed by atoms with Crippen molar-refractivity contribution in [3.63, 3.8) is 0 Å². The Balaban J connectivity index is 1.99. The molecule has 5 heteroatoms. The molecule has 2 aliphatic rings. The third-order valence-electron chi connectivity index (χ3n) is 5.82. The summed E-state index contributed by atoms with van der Waals surface area (Å²) in [6, 6.07) is 9.69. The molecular weight excluding hydrogens is 342 g/mol. The molecule has 27 heavy (non-hydrogen) atoms. The number of carbonyl (C=O) groups is 2. The average Bonchev–Trinajstić information content (AvgIpc) is 3.20. The van der Waals surface area contributed by atoms with E-state index in [9.17, 15) is 9.59 Å². The summed E-state index contributed by atoms with van der Waals surface area (Å²) in [5.41, 5.74) is -0.542. The van der Waals surface area contributed by atoms with Crippen LogP contribution in [-0.2, 0) is 19.1 Å². The summed E-state index contributed by atoms with van der Waals surface area (Å²) in [6.45, 7) is 6.42. The van der Waals surface area contributed by atoms with Gasteiger partial charge in [0.25, 0.3) is 0 Å². The van der Waals surface area contributed by atoms with Crippen LogP contribution in [-0.4, -0.2) is 48.7 Å². The average molecular weight is 369 g/mol. The lowest BCUT2D eigenvalue weighted by molar-refractivity contribution is -0.154. The number of methoxy groups -OCH3 is 1. The maximum Gasteiger partial charge on any atom is 0.326 e. The highest BCUT2D eigenvalue weighted by molar-refractivity contribution is 5.87. The zero-order valence-electron chi connectivity index (χ0n) is 16.0. The van der Waals surface area contributed by atoms with Gasteiger partial charge in [-0.1, -0.05) is 55.1 Å². The third-order valence-corrected chi connectivity index (χ3v) is 5.82. The van der Waals surface area contributed by atoms with Crippen LogP contribution >= 0.6 is 0 Å². The second-order valence-corrected chi connectivity index (χ2v) is 7.52. The molecule has 5 nitrogen and oxygen atoms in total. The second kappa shape index (κ2) is 7.69.